The molecule has 0 aliphatic rings. The quantitative estimate of drug-likeness (QED) is 0.877. The molecule has 1 atom stereocenters. The molecule has 5 heteroatoms. The van der Waals surface area contributed by atoms with Crippen LogP contribution in [0.4, 0.5) is 4.39 Å². The molecule has 1 aromatic rings. The van der Waals surface area contributed by atoms with Crippen LogP contribution in [0.1, 0.15) is 23.6 Å². The van der Waals surface area contributed by atoms with Crippen LogP contribution in [-0.4, -0.2) is 27.5 Å². The lowest BCUT2D eigenvalue weighted by Gasteiger charge is -2.16. The van der Waals surface area contributed by atoms with E-state index in [0.717, 1.165) is 11.1 Å². The van der Waals surface area contributed by atoms with Crippen molar-refractivity contribution in [3.8, 4) is 0 Å². The molecule has 0 fully saturated rings. The van der Waals surface area contributed by atoms with Crippen LogP contribution in [-0.2, 0) is 9.84 Å². The lowest BCUT2D eigenvalue weighted by Crippen LogP contribution is -2.20. The van der Waals surface area contributed by atoms with Crippen molar-refractivity contribution in [2.75, 3.05) is 19.1 Å². The fourth-order valence-electron chi connectivity index (χ4n) is 1.78. The molecule has 0 amide bonds. The largest absolute Gasteiger partial charge is 0.313 e. The third kappa shape index (κ3) is 4.83. The van der Waals surface area contributed by atoms with E-state index in [0.29, 0.717) is 6.42 Å². The molecule has 1 aromatic carbocycles. The second-order valence-corrected chi connectivity index (χ2v) is 6.58. The first-order valence-corrected chi connectivity index (χ1v) is 7.50. The molecule has 96 valence electrons. The van der Waals surface area contributed by atoms with Crippen LogP contribution in [0.3, 0.4) is 0 Å². The summed E-state index contributed by atoms with van der Waals surface area (Å²) in [6.07, 6.45) is 1.65. The van der Waals surface area contributed by atoms with Crippen LogP contribution < -0.4 is 5.32 Å². The third-order valence-corrected chi connectivity index (χ3v) is 3.57. The van der Waals surface area contributed by atoms with Gasteiger partial charge in [0.15, 0.2) is 0 Å². The smallest absolute Gasteiger partial charge is 0.147 e. The van der Waals surface area contributed by atoms with Crippen molar-refractivity contribution in [3.63, 3.8) is 0 Å². The fraction of sp³-hybridized carbons (Fsp3) is 0.500. The molecule has 0 radical (unpaired) electrons. The Kier molecular flexibility index (Phi) is 4.65. The van der Waals surface area contributed by atoms with Gasteiger partial charge < -0.3 is 5.32 Å². The van der Waals surface area contributed by atoms with Crippen molar-refractivity contribution in [3.05, 3.63) is 35.1 Å². The molecule has 17 heavy (non-hydrogen) atoms. The van der Waals surface area contributed by atoms with Gasteiger partial charge in [0.05, 0.1) is 5.75 Å². The highest BCUT2D eigenvalue weighted by atomic mass is 32.2. The molecule has 1 unspecified atom stereocenters. The van der Waals surface area contributed by atoms with Gasteiger partial charge in [0.25, 0.3) is 0 Å². The van der Waals surface area contributed by atoms with Crippen LogP contribution in [0.15, 0.2) is 18.2 Å². The molecule has 1 rings (SSSR count). The molecule has 0 aromatic heterocycles. The Labute approximate surface area is 102 Å². The molecule has 0 saturated heterocycles. The van der Waals surface area contributed by atoms with Crippen LogP contribution in [0.25, 0.3) is 0 Å². The first-order valence-electron chi connectivity index (χ1n) is 5.44. The number of hydrogen-bond acceptors (Lipinski definition) is 3. The zero-order chi connectivity index (χ0) is 13.1. The highest BCUT2D eigenvalue weighted by Gasteiger charge is 2.13. The standard InChI is InChI=1S/C12H18FNO2S/c1-9-6-10(8-11(13)7-9)12(14-2)4-5-17(3,15)16/h6-8,12,14H,4-5H2,1-3H3. The molecule has 0 spiro atoms. The normalized spacial score (nSPS) is 13.6. The van der Waals surface area contributed by atoms with E-state index in [4.69, 9.17) is 0 Å². The average Bonchev–Trinajstić information content (AvgIpc) is 2.15. The van der Waals surface area contributed by atoms with Crippen molar-refractivity contribution >= 4 is 9.84 Å². The Morgan fingerprint density at radius 3 is 2.47 bits per heavy atom. The van der Waals surface area contributed by atoms with Gasteiger partial charge in [0.2, 0.25) is 0 Å². The van der Waals surface area contributed by atoms with E-state index in [1.165, 1.54) is 18.4 Å². The number of halogens is 1. The van der Waals surface area contributed by atoms with Gasteiger partial charge in [-0.2, -0.15) is 0 Å². The first-order chi connectivity index (χ1) is 7.81. The maximum absolute atomic E-state index is 13.3. The number of rotatable bonds is 5. The van der Waals surface area contributed by atoms with E-state index in [-0.39, 0.29) is 17.6 Å². The summed E-state index contributed by atoms with van der Waals surface area (Å²) in [7, 11) is -1.25. The van der Waals surface area contributed by atoms with Gasteiger partial charge in [-0.3, -0.25) is 0 Å². The second-order valence-electron chi connectivity index (χ2n) is 4.32. The first kappa shape index (κ1) is 14.1. The van der Waals surface area contributed by atoms with Gasteiger partial charge in [-0.05, 0) is 43.7 Å². The van der Waals surface area contributed by atoms with Gasteiger partial charge in [-0.1, -0.05) is 6.07 Å². The molecule has 0 saturated carbocycles. The highest BCUT2D eigenvalue weighted by Crippen LogP contribution is 2.19. The molecule has 0 heterocycles. The fourth-order valence-corrected chi connectivity index (χ4v) is 2.44. The van der Waals surface area contributed by atoms with Gasteiger partial charge in [0, 0.05) is 12.3 Å². The summed E-state index contributed by atoms with van der Waals surface area (Å²) in [4.78, 5) is 0. The van der Waals surface area contributed by atoms with E-state index < -0.39 is 9.84 Å². The van der Waals surface area contributed by atoms with E-state index in [2.05, 4.69) is 5.32 Å². The SMILES string of the molecule is CNC(CCS(C)(=O)=O)c1cc(C)cc(F)c1. The van der Waals surface area contributed by atoms with Crippen LogP contribution in [0, 0.1) is 12.7 Å². The second kappa shape index (κ2) is 5.60. The lowest BCUT2D eigenvalue weighted by molar-refractivity contribution is 0.552. The summed E-state index contributed by atoms with van der Waals surface area (Å²) in [5.74, 6) is -0.201. The van der Waals surface area contributed by atoms with E-state index in [1.54, 1.807) is 7.05 Å². The Hall–Kier alpha value is -0.940. The van der Waals surface area contributed by atoms with Crippen LogP contribution >= 0.6 is 0 Å². The Morgan fingerprint density at radius 1 is 1.35 bits per heavy atom. The minimum Gasteiger partial charge on any atom is -0.313 e. The summed E-state index contributed by atoms with van der Waals surface area (Å²) < 4.78 is 35.5. The van der Waals surface area contributed by atoms with Gasteiger partial charge in [0.1, 0.15) is 15.7 Å². The Morgan fingerprint density at radius 2 is 2.00 bits per heavy atom. The molecule has 1 N–H and O–H groups in total. The maximum atomic E-state index is 13.3. The summed E-state index contributed by atoms with van der Waals surface area (Å²) >= 11 is 0. The number of aryl methyl sites for hydroxylation is 1. The maximum Gasteiger partial charge on any atom is 0.147 e. The van der Waals surface area contributed by atoms with Crippen molar-refractivity contribution in [2.45, 2.75) is 19.4 Å². The molecular formula is C12H18FNO2S. The van der Waals surface area contributed by atoms with E-state index >= 15 is 0 Å². The molecule has 0 aliphatic heterocycles. The number of benzene rings is 1. The predicted molar refractivity (Wildman–Crippen MR) is 67.3 cm³/mol. The topological polar surface area (TPSA) is 46.2 Å². The molecule has 0 aliphatic carbocycles. The highest BCUT2D eigenvalue weighted by molar-refractivity contribution is 7.90. The van der Waals surface area contributed by atoms with E-state index in [9.17, 15) is 12.8 Å². The Bertz CT molecular complexity index is 465. The monoisotopic (exact) mass is 259 g/mol. The molecular weight excluding hydrogens is 241 g/mol. The number of hydrogen-bond donors (Lipinski definition) is 1. The zero-order valence-electron chi connectivity index (χ0n) is 10.3. The van der Waals surface area contributed by atoms with Crippen LogP contribution in [0.2, 0.25) is 0 Å². The minimum absolute atomic E-state index is 0.0913. The molecule has 0 bridgehead atoms. The van der Waals surface area contributed by atoms with Crippen LogP contribution in [0.5, 0.6) is 0 Å². The van der Waals surface area contributed by atoms with Crippen molar-refractivity contribution in [1.29, 1.82) is 0 Å². The third-order valence-electron chi connectivity index (χ3n) is 2.59. The van der Waals surface area contributed by atoms with E-state index in [1.807, 2.05) is 13.0 Å². The summed E-state index contributed by atoms with van der Waals surface area (Å²) in [6.45, 7) is 1.82. The summed E-state index contributed by atoms with van der Waals surface area (Å²) in [6, 6.07) is 4.62. The number of sulfone groups is 1. The van der Waals surface area contributed by atoms with Crippen molar-refractivity contribution in [1.82, 2.24) is 5.32 Å². The van der Waals surface area contributed by atoms with Gasteiger partial charge >= 0.3 is 0 Å². The van der Waals surface area contributed by atoms with Crippen molar-refractivity contribution < 1.29 is 12.8 Å². The minimum atomic E-state index is -2.99. The molecule has 3 nitrogen and oxygen atoms in total. The zero-order valence-corrected chi connectivity index (χ0v) is 11.1. The predicted octanol–water partition coefficient (Wildman–Crippen LogP) is 1.83. The lowest BCUT2D eigenvalue weighted by atomic mass is 10.0. The number of nitrogens with one attached hydrogen (secondary N) is 1. The van der Waals surface area contributed by atoms with Gasteiger partial charge in [-0.15, -0.1) is 0 Å². The summed E-state index contributed by atoms with van der Waals surface area (Å²) in [5, 5.41) is 3.01. The Balaban J connectivity index is 2.86. The summed E-state index contributed by atoms with van der Waals surface area (Å²) in [5.41, 5.74) is 1.62. The van der Waals surface area contributed by atoms with Crippen molar-refractivity contribution in [2.24, 2.45) is 0 Å². The van der Waals surface area contributed by atoms with Gasteiger partial charge in [-0.25, -0.2) is 12.8 Å². The average molecular weight is 259 g/mol.